The summed E-state index contributed by atoms with van der Waals surface area (Å²) in [6, 6.07) is 81.9. The molecule has 0 unspecified atom stereocenters. The summed E-state index contributed by atoms with van der Waals surface area (Å²) in [4.78, 5) is 2.27. The Hall–Kier alpha value is -5.98. The molecule has 0 saturated carbocycles. The van der Waals surface area contributed by atoms with Gasteiger partial charge in [0.15, 0.2) is 0 Å². The van der Waals surface area contributed by atoms with Gasteiger partial charge in [0.25, 0.3) is 0 Å². The Labute approximate surface area is 319 Å². The van der Waals surface area contributed by atoms with Gasteiger partial charge in [0.1, 0.15) is 0 Å². The van der Waals surface area contributed by atoms with Crippen LogP contribution in [0, 0.1) is 0 Å². The zero-order chi connectivity index (χ0) is 36.6. The fraction of sp³-hybridized carbons (Fsp3) is 0.0204. The maximum Gasteiger partial charge on any atom is 0.0862 e. The van der Waals surface area contributed by atoms with Gasteiger partial charge in [0, 0.05) is 38.9 Å². The molecule has 3 nitrogen and oxygen atoms in total. The van der Waals surface area contributed by atoms with Crippen LogP contribution in [-0.2, 0) is 0 Å². The minimum absolute atomic E-state index is 0.926. The van der Waals surface area contributed by atoms with Gasteiger partial charge in [-0.15, -0.1) is 0 Å². The number of nitrogens with zero attached hydrogens (tertiary/aromatic N) is 3. The molecular weight excluding hydrogens is 693 g/mol. The van der Waals surface area contributed by atoms with E-state index in [1.54, 1.807) is 0 Å². The van der Waals surface area contributed by atoms with Crippen LogP contribution in [0.4, 0.5) is 22.7 Å². The van der Waals surface area contributed by atoms with Gasteiger partial charge in [0.05, 0.1) is 36.9 Å². The molecule has 5 heteroatoms. The van der Waals surface area contributed by atoms with Crippen LogP contribution < -0.4 is 36.7 Å². The van der Waals surface area contributed by atoms with Gasteiger partial charge in [0.2, 0.25) is 0 Å². The summed E-state index contributed by atoms with van der Waals surface area (Å²) in [5.74, 6) is 0. The van der Waals surface area contributed by atoms with E-state index >= 15 is 0 Å². The molecule has 8 aromatic rings. The van der Waals surface area contributed by atoms with Gasteiger partial charge in [-0.3, -0.25) is 9.49 Å². The van der Waals surface area contributed by atoms with Crippen molar-refractivity contribution in [2.45, 2.75) is 0 Å². The van der Waals surface area contributed by atoms with E-state index in [1.165, 1.54) is 31.8 Å². The molecule has 0 spiro atoms. The first-order valence-corrected chi connectivity index (χ1v) is 21.7. The molecule has 0 fully saturated rings. The minimum atomic E-state index is -2.52. The van der Waals surface area contributed by atoms with E-state index in [9.17, 15) is 0 Å². The summed E-state index contributed by atoms with van der Waals surface area (Å²) in [6.45, 7) is 0. The molecule has 0 aromatic heterocycles. The lowest BCUT2D eigenvalue weighted by Gasteiger charge is -2.30. The van der Waals surface area contributed by atoms with E-state index in [-0.39, 0.29) is 0 Å². The smallest absolute Gasteiger partial charge is 0.0862 e. The SMILES string of the molecule is CN(c1ccccc1N=P(c1ccccc1)(c1ccccc1)c1ccccc1)c1ccccc1N=P(c1ccccc1)(c1ccccc1)c1ccccc1. The molecule has 0 radical (unpaired) electrons. The van der Waals surface area contributed by atoms with E-state index in [1.807, 2.05) is 0 Å². The maximum atomic E-state index is 5.94. The Morgan fingerprint density at radius 2 is 0.481 bits per heavy atom. The molecule has 262 valence electrons. The number of benzene rings is 8. The van der Waals surface area contributed by atoms with Crippen molar-refractivity contribution in [1.82, 2.24) is 0 Å². The number of hydrogen-bond acceptors (Lipinski definition) is 3. The van der Waals surface area contributed by atoms with Crippen LogP contribution in [0.15, 0.2) is 240 Å². The first kappa shape index (κ1) is 35.1. The zero-order valence-electron chi connectivity index (χ0n) is 30.2. The molecule has 0 atom stereocenters. The molecule has 8 aromatic carbocycles. The summed E-state index contributed by atoms with van der Waals surface area (Å²) in [7, 11) is -2.89. The second-order valence-corrected chi connectivity index (χ2v) is 19.1. The fourth-order valence-electron chi connectivity index (χ4n) is 7.22. The van der Waals surface area contributed by atoms with Crippen molar-refractivity contribution >= 4 is 68.7 Å². The third-order valence-corrected chi connectivity index (χ3v) is 17.1. The van der Waals surface area contributed by atoms with E-state index in [0.29, 0.717) is 0 Å². The summed E-state index contributed by atoms with van der Waals surface area (Å²) < 4.78 is 11.9. The van der Waals surface area contributed by atoms with Gasteiger partial charge in [-0.2, -0.15) is 0 Å². The van der Waals surface area contributed by atoms with Crippen LogP contribution in [0.2, 0.25) is 0 Å². The summed E-state index contributed by atoms with van der Waals surface area (Å²) in [6.07, 6.45) is 0. The highest BCUT2D eigenvalue weighted by Crippen LogP contribution is 2.53. The number of hydrogen-bond donors (Lipinski definition) is 0. The summed E-state index contributed by atoms with van der Waals surface area (Å²) >= 11 is 0. The highest BCUT2D eigenvalue weighted by Gasteiger charge is 2.30. The van der Waals surface area contributed by atoms with Crippen LogP contribution >= 0.6 is 14.1 Å². The number of para-hydroxylation sites is 2. The molecule has 8 rings (SSSR count). The van der Waals surface area contributed by atoms with Crippen molar-refractivity contribution in [2.24, 2.45) is 9.49 Å². The molecule has 0 amide bonds. The van der Waals surface area contributed by atoms with Crippen molar-refractivity contribution in [3.63, 3.8) is 0 Å². The lowest BCUT2D eigenvalue weighted by atomic mass is 10.2. The molecule has 0 bridgehead atoms. The molecule has 0 N–H and O–H groups in total. The lowest BCUT2D eigenvalue weighted by Crippen LogP contribution is -2.25. The van der Waals surface area contributed by atoms with E-state index in [4.69, 9.17) is 9.49 Å². The topological polar surface area (TPSA) is 28.0 Å². The summed E-state index contributed by atoms with van der Waals surface area (Å²) in [5, 5.41) is 7.24. The Morgan fingerprint density at radius 1 is 0.278 bits per heavy atom. The van der Waals surface area contributed by atoms with E-state index in [2.05, 4.69) is 242 Å². The van der Waals surface area contributed by atoms with Crippen molar-refractivity contribution in [3.8, 4) is 0 Å². The molecule has 0 heterocycles. The highest BCUT2D eigenvalue weighted by atomic mass is 31.2. The predicted molar refractivity (Wildman–Crippen MR) is 235 cm³/mol. The van der Waals surface area contributed by atoms with Crippen LogP contribution in [-0.4, -0.2) is 7.05 Å². The van der Waals surface area contributed by atoms with E-state index < -0.39 is 14.1 Å². The van der Waals surface area contributed by atoms with Gasteiger partial charge >= 0.3 is 0 Å². The normalized spacial score (nSPS) is 11.4. The molecular formula is C49H41N3P2. The number of anilines is 2. The monoisotopic (exact) mass is 733 g/mol. The molecule has 0 aliphatic heterocycles. The van der Waals surface area contributed by atoms with Gasteiger partial charge in [-0.05, 0) is 24.3 Å². The minimum Gasteiger partial charge on any atom is -0.341 e. The molecule has 0 saturated heterocycles. The number of rotatable bonds is 10. The Balaban J connectivity index is 1.38. The van der Waals surface area contributed by atoms with Gasteiger partial charge in [-0.25, -0.2) is 0 Å². The van der Waals surface area contributed by atoms with Gasteiger partial charge in [-0.1, -0.05) is 206 Å². The molecule has 0 aliphatic rings. The molecule has 54 heavy (non-hydrogen) atoms. The lowest BCUT2D eigenvalue weighted by molar-refractivity contribution is 1.20. The van der Waals surface area contributed by atoms with Crippen molar-refractivity contribution in [2.75, 3.05) is 11.9 Å². The van der Waals surface area contributed by atoms with Crippen LogP contribution in [0.5, 0.6) is 0 Å². The second kappa shape index (κ2) is 15.9. The quantitative estimate of drug-likeness (QED) is 0.129. The van der Waals surface area contributed by atoms with Gasteiger partial charge < -0.3 is 4.90 Å². The first-order valence-electron chi connectivity index (χ1n) is 18.2. The van der Waals surface area contributed by atoms with Crippen molar-refractivity contribution in [3.05, 3.63) is 231 Å². The standard InChI is InChI=1S/C49H41N3P2/c1-52(48-38-22-20-36-46(48)50-53(40-24-8-2-9-25-40,41-26-10-3-11-27-41)42-28-12-4-13-29-42)49-39-23-21-37-47(49)51-54(43-30-14-5-15-31-43,44-32-16-6-17-33-44)45-34-18-7-19-35-45/h2-39H,1H3. The van der Waals surface area contributed by atoms with Crippen LogP contribution in [0.3, 0.4) is 0 Å². The Bertz CT molecular complexity index is 2170. The fourth-order valence-corrected chi connectivity index (χ4v) is 14.3. The average molecular weight is 734 g/mol. The largest absolute Gasteiger partial charge is 0.341 e. The second-order valence-electron chi connectivity index (χ2n) is 13.0. The van der Waals surface area contributed by atoms with Crippen molar-refractivity contribution < 1.29 is 0 Å². The third kappa shape index (κ3) is 6.70. The average Bonchev–Trinajstić information content (AvgIpc) is 3.26. The maximum absolute atomic E-state index is 5.94. The van der Waals surface area contributed by atoms with E-state index in [0.717, 1.165) is 22.7 Å². The van der Waals surface area contributed by atoms with Crippen LogP contribution in [0.25, 0.3) is 0 Å². The predicted octanol–water partition coefficient (Wildman–Crippen LogP) is 11.1. The van der Waals surface area contributed by atoms with Crippen molar-refractivity contribution in [1.29, 1.82) is 0 Å². The highest BCUT2D eigenvalue weighted by molar-refractivity contribution is 7.88. The third-order valence-electron chi connectivity index (χ3n) is 9.78. The zero-order valence-corrected chi connectivity index (χ0v) is 32.0. The van der Waals surface area contributed by atoms with Crippen LogP contribution in [0.1, 0.15) is 0 Å². The summed E-state index contributed by atoms with van der Waals surface area (Å²) in [5.41, 5.74) is 3.87. The Morgan fingerprint density at radius 3 is 0.722 bits per heavy atom. The first-order chi connectivity index (χ1) is 26.7. The Kier molecular flexibility index (Phi) is 10.4. The molecule has 0 aliphatic carbocycles.